The van der Waals surface area contributed by atoms with E-state index in [-0.39, 0.29) is 139 Å². The molecule has 2 N–H and O–H groups in total. The van der Waals surface area contributed by atoms with E-state index in [0.29, 0.717) is 19.3 Å². The molecule has 23 heteroatoms. The topological polar surface area (TPSA) is 349 Å². The quantitative estimate of drug-likeness (QED) is 0.0277. The fourth-order valence-corrected chi connectivity index (χ4v) is 3.88. The van der Waals surface area contributed by atoms with Gasteiger partial charge in [-0.15, -0.1) is 0 Å². The predicted octanol–water partition coefficient (Wildman–Crippen LogP) is 8.28. The van der Waals surface area contributed by atoms with Gasteiger partial charge in [-0.05, 0) is 80.1 Å². The summed E-state index contributed by atoms with van der Waals surface area (Å²) in [5.74, 6) is -3.71. The van der Waals surface area contributed by atoms with Crippen molar-refractivity contribution in [1.82, 2.24) is 0 Å². The average molecular weight is 1170 g/mol. The first-order chi connectivity index (χ1) is 38.3. The van der Waals surface area contributed by atoms with Gasteiger partial charge in [-0.3, -0.25) is 28.8 Å². The zero-order valence-corrected chi connectivity index (χ0v) is 51.6. The Morgan fingerprint density at radius 2 is 0.793 bits per heavy atom. The molecule has 0 radical (unpaired) electrons. The van der Waals surface area contributed by atoms with Crippen LogP contribution < -0.4 is 0 Å². The molecule has 0 amide bonds. The smallest absolute Gasteiger partial charge is 0.333 e. The van der Waals surface area contributed by atoms with Crippen LogP contribution in [0.3, 0.4) is 0 Å². The number of nitrogens with zero attached hydrogens (tertiary/aromatic N) is 3. The third kappa shape index (κ3) is 48.7. The SMILES string of the molecule is C=C(C)C(=O)OCC(O)COC(=O)C(C)CC.C=CC(=O)OCCOC(=O)C(C)(C)CC.C=CC(=O)OCCOC(=O)C(C)CC.CCC(C)(C)C(=O)OCCC#N.CCC(C)(CO)C(=O)OCCC#N.CCC(C)C(=O)OCCC#N. The number of rotatable bonds is 32. The maximum atomic E-state index is 11.4. The van der Waals surface area contributed by atoms with Crippen molar-refractivity contribution in [2.24, 2.45) is 34.0 Å². The molecule has 0 aliphatic heterocycles. The first kappa shape index (κ1) is 86.1. The van der Waals surface area contributed by atoms with E-state index in [0.717, 1.165) is 31.4 Å². The lowest BCUT2D eigenvalue weighted by Crippen LogP contribution is -2.33. The summed E-state index contributed by atoms with van der Waals surface area (Å²) in [5.41, 5.74) is -1.47. The standard InChI is InChI=1S/C12H20O5.C11H18O4.C10H16O4.C9H15NO3.C9H15NO2.C8H13NO2/c1-5-9(4)12(15)17-7-10(13)6-16-11(14)8(2)3;1-5-9(12)14-7-8-15-10(13)11(3,4)6-2;1-4-8(3)10(12)14-7-6-13-9(11)5-2;1-3-9(2,7-11)8(12)13-6-4-5-10;1-4-9(2,3)8(11)12-7-5-6-10;1-3-7(2)8(10)11-6-4-5-9/h9-10,13H,2,5-7H2,1,3-4H3;5H,1,6-8H2,2-4H3;5,8H,2,4,6-7H2,1,3H3;11H,3-4,6-7H2,1-2H3;4-5,7H2,1-3H3;7H,3-4,6H2,1-2H3. The van der Waals surface area contributed by atoms with E-state index in [2.05, 4.69) is 29.2 Å². The van der Waals surface area contributed by atoms with Crippen LogP contribution in [0.1, 0.15) is 162 Å². The van der Waals surface area contributed by atoms with Crippen LogP contribution >= 0.6 is 0 Å². The van der Waals surface area contributed by atoms with Crippen molar-refractivity contribution < 1.29 is 96.0 Å². The Morgan fingerprint density at radius 3 is 1.11 bits per heavy atom. The van der Waals surface area contributed by atoms with Gasteiger partial charge in [-0.2, -0.15) is 15.8 Å². The lowest BCUT2D eigenvalue weighted by molar-refractivity contribution is -0.158. The molecule has 0 aromatic carbocycles. The number of hydrogen-bond donors (Lipinski definition) is 2. The molecule has 0 spiro atoms. The summed E-state index contributed by atoms with van der Waals surface area (Å²) in [5, 5.41) is 42.9. The minimum absolute atomic E-state index is 0.0475. The van der Waals surface area contributed by atoms with Crippen LogP contribution in [0.5, 0.6) is 0 Å². The molecule has 0 saturated heterocycles. The lowest BCUT2D eigenvalue weighted by Gasteiger charge is -2.22. The van der Waals surface area contributed by atoms with E-state index in [1.165, 1.54) is 6.92 Å². The van der Waals surface area contributed by atoms with Crippen molar-refractivity contribution in [2.45, 2.75) is 168 Å². The van der Waals surface area contributed by atoms with Crippen molar-refractivity contribution in [3.8, 4) is 18.2 Å². The molecule has 23 nitrogen and oxygen atoms in total. The minimum atomic E-state index is -1.01. The molecule has 0 bridgehead atoms. The van der Waals surface area contributed by atoms with Gasteiger partial charge >= 0.3 is 53.7 Å². The van der Waals surface area contributed by atoms with Gasteiger partial charge in [0.05, 0.1) is 78.1 Å². The highest BCUT2D eigenvalue weighted by atomic mass is 16.6. The number of ether oxygens (including phenoxy) is 9. The summed E-state index contributed by atoms with van der Waals surface area (Å²) in [6, 6.07) is 5.69. The number of carbonyl (C=O) groups excluding carboxylic acids is 9. The summed E-state index contributed by atoms with van der Waals surface area (Å²) in [7, 11) is 0. The molecule has 0 aliphatic carbocycles. The van der Waals surface area contributed by atoms with Crippen LogP contribution in [0.2, 0.25) is 0 Å². The monoisotopic (exact) mass is 1170 g/mol. The van der Waals surface area contributed by atoms with Crippen LogP contribution in [0.15, 0.2) is 37.5 Å². The third-order valence-corrected chi connectivity index (χ3v) is 11.5. The van der Waals surface area contributed by atoms with Gasteiger partial charge in [-0.1, -0.05) is 82.1 Å². The first-order valence-electron chi connectivity index (χ1n) is 27.1. The number of esters is 9. The molecular formula is C59H97N3O20. The van der Waals surface area contributed by atoms with Crippen LogP contribution in [-0.2, 0) is 85.8 Å². The molecule has 0 saturated carbocycles. The van der Waals surface area contributed by atoms with Gasteiger partial charge < -0.3 is 52.8 Å². The summed E-state index contributed by atoms with van der Waals surface area (Å²) in [6.45, 7) is 37.3. The molecule has 0 rings (SSSR count). The van der Waals surface area contributed by atoms with Crippen molar-refractivity contribution >= 4 is 53.7 Å². The van der Waals surface area contributed by atoms with E-state index >= 15 is 0 Å². The average Bonchev–Trinajstić information content (AvgIpc) is 3.47. The second-order valence-corrected chi connectivity index (χ2v) is 19.3. The van der Waals surface area contributed by atoms with Crippen molar-refractivity contribution in [2.75, 3.05) is 66.1 Å². The van der Waals surface area contributed by atoms with Crippen molar-refractivity contribution in [3.05, 3.63) is 37.5 Å². The van der Waals surface area contributed by atoms with Crippen molar-refractivity contribution in [3.63, 3.8) is 0 Å². The number of nitriles is 3. The highest BCUT2D eigenvalue weighted by Crippen LogP contribution is 2.23. The summed E-state index contributed by atoms with van der Waals surface area (Å²) < 4.78 is 43.1. The Hall–Kier alpha value is -7.16. The van der Waals surface area contributed by atoms with E-state index < -0.39 is 46.2 Å². The van der Waals surface area contributed by atoms with Gasteiger partial charge in [0.15, 0.2) is 0 Å². The molecule has 0 fully saturated rings. The van der Waals surface area contributed by atoms with Crippen LogP contribution in [0, 0.1) is 68.0 Å². The third-order valence-electron chi connectivity index (χ3n) is 11.5. The largest absolute Gasteiger partial charge is 0.464 e. The number of hydrogen-bond acceptors (Lipinski definition) is 23. The summed E-state index contributed by atoms with van der Waals surface area (Å²) >= 11 is 0. The second kappa shape index (κ2) is 53.2. The molecule has 5 atom stereocenters. The second-order valence-electron chi connectivity index (χ2n) is 19.3. The molecular weight excluding hydrogens is 1070 g/mol. The maximum Gasteiger partial charge on any atom is 0.333 e. The Kier molecular flexibility index (Phi) is 55.8. The minimum Gasteiger partial charge on any atom is -0.464 e. The Labute approximate surface area is 487 Å². The van der Waals surface area contributed by atoms with Gasteiger partial charge in [-0.25, -0.2) is 14.4 Å². The molecule has 82 heavy (non-hydrogen) atoms. The predicted molar refractivity (Wildman–Crippen MR) is 303 cm³/mol. The molecule has 0 aromatic heterocycles. The fourth-order valence-electron chi connectivity index (χ4n) is 3.88. The highest BCUT2D eigenvalue weighted by Gasteiger charge is 2.32. The van der Waals surface area contributed by atoms with E-state index in [9.17, 15) is 48.3 Å². The molecule has 468 valence electrons. The number of carbonyl (C=O) groups is 9. The zero-order valence-electron chi connectivity index (χ0n) is 51.6. The molecule has 0 aliphatic rings. The van der Waals surface area contributed by atoms with E-state index in [1.807, 2.05) is 94.4 Å². The normalized spacial score (nSPS) is 12.1. The van der Waals surface area contributed by atoms with Gasteiger partial charge in [0.2, 0.25) is 0 Å². The summed E-state index contributed by atoms with van der Waals surface area (Å²) in [6.07, 6.45) is 6.05. The van der Waals surface area contributed by atoms with Crippen LogP contribution in [-0.4, -0.2) is 136 Å². The highest BCUT2D eigenvalue weighted by molar-refractivity contribution is 5.87. The first-order valence-corrected chi connectivity index (χ1v) is 27.1. The Morgan fingerprint density at radius 1 is 0.488 bits per heavy atom. The van der Waals surface area contributed by atoms with Crippen LogP contribution in [0.4, 0.5) is 0 Å². The van der Waals surface area contributed by atoms with Crippen LogP contribution in [0.25, 0.3) is 0 Å². The maximum absolute atomic E-state index is 11.4. The lowest BCUT2D eigenvalue weighted by atomic mass is 9.89. The number of aliphatic hydroxyl groups is 2. The molecule has 0 heterocycles. The summed E-state index contributed by atoms with van der Waals surface area (Å²) in [4.78, 5) is 99.5. The number of aliphatic hydroxyl groups excluding tert-OH is 2. The zero-order chi connectivity index (χ0) is 64.9. The molecule has 0 aromatic rings. The van der Waals surface area contributed by atoms with Gasteiger partial charge in [0.1, 0.15) is 65.6 Å². The Bertz CT molecular complexity index is 2030. The Balaban J connectivity index is -0.000000212. The van der Waals surface area contributed by atoms with E-state index in [4.69, 9.17) is 54.1 Å². The van der Waals surface area contributed by atoms with Crippen molar-refractivity contribution in [1.29, 1.82) is 15.8 Å². The van der Waals surface area contributed by atoms with E-state index in [1.54, 1.807) is 20.8 Å². The van der Waals surface area contributed by atoms with Gasteiger partial charge in [0, 0.05) is 17.7 Å². The molecule has 5 unspecified atom stereocenters. The van der Waals surface area contributed by atoms with Gasteiger partial charge in [0.25, 0.3) is 0 Å². The fraction of sp³-hybridized carbons (Fsp3) is 0.695.